The Kier molecular flexibility index (Phi) is 4.78. The van der Waals surface area contributed by atoms with Crippen molar-refractivity contribution in [2.45, 2.75) is 49.0 Å². The van der Waals surface area contributed by atoms with Crippen LogP contribution in [0.4, 0.5) is 0 Å². The van der Waals surface area contributed by atoms with Crippen molar-refractivity contribution in [3.05, 3.63) is 54.6 Å². The van der Waals surface area contributed by atoms with Gasteiger partial charge in [-0.3, -0.25) is 4.90 Å². The van der Waals surface area contributed by atoms with Gasteiger partial charge >= 0.3 is 0 Å². The van der Waals surface area contributed by atoms with Gasteiger partial charge in [-0.25, -0.2) is 8.42 Å². The molecule has 1 saturated heterocycles. The van der Waals surface area contributed by atoms with E-state index in [1.807, 2.05) is 42.5 Å². The summed E-state index contributed by atoms with van der Waals surface area (Å²) in [5, 5.41) is 0. The van der Waals surface area contributed by atoms with E-state index in [4.69, 9.17) is 0 Å². The lowest BCUT2D eigenvalue weighted by Gasteiger charge is -2.61. The Bertz CT molecular complexity index is 1010. The minimum Gasteiger partial charge on any atom is -0.295 e. The summed E-state index contributed by atoms with van der Waals surface area (Å²) in [7, 11) is -3.43. The maximum absolute atomic E-state index is 13.3. The van der Waals surface area contributed by atoms with E-state index in [-0.39, 0.29) is 0 Å². The molecule has 7 rings (SSSR count). The molecule has 4 aliphatic carbocycles. The number of sulfonamides is 1. The zero-order valence-electron chi connectivity index (χ0n) is 18.1. The Morgan fingerprint density at radius 1 is 0.677 bits per heavy atom. The van der Waals surface area contributed by atoms with Crippen molar-refractivity contribution in [3.8, 4) is 11.1 Å². The Morgan fingerprint density at radius 3 is 1.74 bits per heavy atom. The summed E-state index contributed by atoms with van der Waals surface area (Å²) in [6.45, 7) is 3.00. The van der Waals surface area contributed by atoms with E-state index >= 15 is 0 Å². The molecule has 2 aromatic carbocycles. The highest BCUT2D eigenvalue weighted by molar-refractivity contribution is 7.89. The van der Waals surface area contributed by atoms with Crippen molar-refractivity contribution in [2.24, 2.45) is 17.8 Å². The second kappa shape index (κ2) is 7.43. The molecule has 2 aromatic rings. The summed E-state index contributed by atoms with van der Waals surface area (Å²) in [5.74, 6) is 2.78. The van der Waals surface area contributed by atoms with Gasteiger partial charge in [0.05, 0.1) is 4.90 Å². The van der Waals surface area contributed by atoms with Crippen LogP contribution in [-0.4, -0.2) is 49.3 Å². The number of hydrogen-bond donors (Lipinski definition) is 0. The third-order valence-corrected chi connectivity index (χ3v) is 10.4. The molecule has 0 unspecified atom stereocenters. The van der Waals surface area contributed by atoms with E-state index in [0.29, 0.717) is 23.5 Å². The van der Waals surface area contributed by atoms with E-state index in [1.165, 1.54) is 38.5 Å². The fourth-order valence-corrected chi connectivity index (χ4v) is 8.88. The van der Waals surface area contributed by atoms with Gasteiger partial charge < -0.3 is 0 Å². The third kappa shape index (κ3) is 3.46. The highest BCUT2D eigenvalue weighted by Gasteiger charge is 2.53. The van der Waals surface area contributed by atoms with Gasteiger partial charge in [0, 0.05) is 31.7 Å². The Hall–Kier alpha value is -1.69. The quantitative estimate of drug-likeness (QED) is 0.702. The first-order valence-electron chi connectivity index (χ1n) is 11.9. The molecule has 5 fully saturated rings. The first kappa shape index (κ1) is 20.0. The number of rotatable bonds is 4. The van der Waals surface area contributed by atoms with Crippen molar-refractivity contribution in [3.63, 3.8) is 0 Å². The molecule has 4 bridgehead atoms. The average molecular weight is 437 g/mol. The van der Waals surface area contributed by atoms with Crippen molar-refractivity contribution in [1.29, 1.82) is 0 Å². The number of benzene rings is 2. The highest BCUT2D eigenvalue weighted by Crippen LogP contribution is 2.57. The predicted octanol–water partition coefficient (Wildman–Crippen LogP) is 4.63. The van der Waals surface area contributed by atoms with Crippen molar-refractivity contribution < 1.29 is 8.42 Å². The Labute approximate surface area is 186 Å². The maximum atomic E-state index is 13.3. The standard InChI is InChI=1S/C26H32N2O2S/c29-31(30,25-8-6-24(7-9-25)23-4-2-1-3-5-23)28-12-10-27(11-13-28)26-17-20-14-21(18-26)16-22(15-20)19-26/h1-9,20-22H,10-19H2. The van der Waals surface area contributed by atoms with Gasteiger partial charge in [-0.2, -0.15) is 4.31 Å². The van der Waals surface area contributed by atoms with Crippen LogP contribution in [0.5, 0.6) is 0 Å². The fourth-order valence-electron chi connectivity index (χ4n) is 7.45. The number of piperazine rings is 1. The van der Waals surface area contributed by atoms with E-state index in [0.717, 1.165) is 42.0 Å². The van der Waals surface area contributed by atoms with Crippen LogP contribution in [0.25, 0.3) is 11.1 Å². The lowest BCUT2D eigenvalue weighted by atomic mass is 9.52. The molecular weight excluding hydrogens is 404 g/mol. The van der Waals surface area contributed by atoms with Crippen LogP contribution in [0.1, 0.15) is 38.5 Å². The van der Waals surface area contributed by atoms with Crippen LogP contribution in [0.15, 0.2) is 59.5 Å². The van der Waals surface area contributed by atoms with Gasteiger partial charge in [-0.15, -0.1) is 0 Å². The molecule has 4 saturated carbocycles. The van der Waals surface area contributed by atoms with Gasteiger partial charge in [0.1, 0.15) is 0 Å². The minimum absolute atomic E-state index is 0.377. The predicted molar refractivity (Wildman–Crippen MR) is 123 cm³/mol. The third-order valence-electron chi connectivity index (χ3n) is 8.51. The van der Waals surface area contributed by atoms with Gasteiger partial charge in [0.2, 0.25) is 10.0 Å². The highest BCUT2D eigenvalue weighted by atomic mass is 32.2. The van der Waals surface area contributed by atoms with Crippen LogP contribution >= 0.6 is 0 Å². The van der Waals surface area contributed by atoms with Crippen LogP contribution in [-0.2, 0) is 10.0 Å². The zero-order valence-corrected chi connectivity index (χ0v) is 18.9. The molecule has 0 N–H and O–H groups in total. The van der Waals surface area contributed by atoms with Gasteiger partial charge in [0.25, 0.3) is 0 Å². The second-order valence-corrected chi connectivity index (χ2v) is 12.4. The Morgan fingerprint density at radius 2 is 1.19 bits per heavy atom. The maximum Gasteiger partial charge on any atom is 0.243 e. The van der Waals surface area contributed by atoms with Gasteiger partial charge in [-0.1, -0.05) is 42.5 Å². The monoisotopic (exact) mass is 436 g/mol. The van der Waals surface area contributed by atoms with Crippen LogP contribution in [0.3, 0.4) is 0 Å². The van der Waals surface area contributed by atoms with E-state index < -0.39 is 10.0 Å². The fraction of sp³-hybridized carbons (Fsp3) is 0.538. The van der Waals surface area contributed by atoms with Gasteiger partial charge in [0.15, 0.2) is 0 Å². The summed E-state index contributed by atoms with van der Waals surface area (Å²) in [6.07, 6.45) is 8.41. The van der Waals surface area contributed by atoms with Gasteiger partial charge in [-0.05, 0) is 79.5 Å². The summed E-state index contributed by atoms with van der Waals surface area (Å²) in [5.41, 5.74) is 2.53. The molecule has 164 valence electrons. The molecule has 4 nitrogen and oxygen atoms in total. The van der Waals surface area contributed by atoms with E-state index in [9.17, 15) is 8.42 Å². The zero-order chi connectivity index (χ0) is 21.1. The second-order valence-electron chi connectivity index (χ2n) is 10.4. The molecule has 1 aliphatic heterocycles. The molecule has 5 heteroatoms. The molecule has 1 heterocycles. The summed E-state index contributed by atoms with van der Waals surface area (Å²) < 4.78 is 28.3. The number of nitrogens with zero attached hydrogens (tertiary/aromatic N) is 2. The minimum atomic E-state index is -3.43. The SMILES string of the molecule is O=S(=O)(c1ccc(-c2ccccc2)cc1)N1CCN(C23CC4CC(CC(C4)C2)C3)CC1. The molecule has 0 radical (unpaired) electrons. The lowest BCUT2D eigenvalue weighted by Crippen LogP contribution is -2.64. The lowest BCUT2D eigenvalue weighted by molar-refractivity contribution is -0.0964. The largest absolute Gasteiger partial charge is 0.295 e. The molecule has 5 aliphatic rings. The van der Waals surface area contributed by atoms with Crippen LogP contribution < -0.4 is 0 Å². The number of hydrogen-bond acceptors (Lipinski definition) is 3. The topological polar surface area (TPSA) is 40.6 Å². The summed E-state index contributed by atoms with van der Waals surface area (Å²) in [4.78, 5) is 3.09. The van der Waals surface area contributed by atoms with E-state index in [1.54, 1.807) is 16.4 Å². The van der Waals surface area contributed by atoms with Crippen LogP contribution in [0, 0.1) is 17.8 Å². The molecule has 0 spiro atoms. The average Bonchev–Trinajstić information content (AvgIpc) is 2.79. The molecule has 0 amide bonds. The first-order chi connectivity index (χ1) is 15.0. The molecule has 0 aromatic heterocycles. The van der Waals surface area contributed by atoms with E-state index in [2.05, 4.69) is 4.90 Å². The van der Waals surface area contributed by atoms with Crippen molar-refractivity contribution >= 4 is 10.0 Å². The van der Waals surface area contributed by atoms with Crippen molar-refractivity contribution in [1.82, 2.24) is 9.21 Å². The normalized spacial score (nSPS) is 33.6. The molecule has 31 heavy (non-hydrogen) atoms. The van der Waals surface area contributed by atoms with Crippen molar-refractivity contribution in [2.75, 3.05) is 26.2 Å². The van der Waals surface area contributed by atoms with Crippen LogP contribution in [0.2, 0.25) is 0 Å². The Balaban J connectivity index is 1.15. The summed E-state index contributed by atoms with van der Waals surface area (Å²) in [6, 6.07) is 17.5. The molecule has 0 atom stereocenters. The smallest absolute Gasteiger partial charge is 0.243 e. The summed E-state index contributed by atoms with van der Waals surface area (Å²) >= 11 is 0. The molecular formula is C26H32N2O2S. The first-order valence-corrected chi connectivity index (χ1v) is 13.4.